The van der Waals surface area contributed by atoms with E-state index in [1.165, 1.54) is 4.68 Å². The van der Waals surface area contributed by atoms with Crippen molar-refractivity contribution in [3.63, 3.8) is 0 Å². The van der Waals surface area contributed by atoms with E-state index < -0.39 is 19.3 Å². The Bertz CT molecular complexity index is 1550. The number of rotatable bonds is 9. The Hall–Kier alpha value is -3.27. The third-order valence-corrected chi connectivity index (χ3v) is 12.4. The molecule has 2 saturated heterocycles. The molecule has 2 aromatic rings. The lowest BCUT2D eigenvalue weighted by molar-refractivity contribution is -0.189. The number of hydrogen-bond acceptors (Lipinski definition) is 8. The molecule has 0 unspecified atom stereocenters. The molecule has 11 nitrogen and oxygen atoms in total. The molecule has 0 atom stereocenters. The monoisotopic (exact) mass is 582 g/mol. The zero-order valence-corrected chi connectivity index (χ0v) is 24.6. The minimum Gasteiger partial charge on any atom is -0.380 e. The molecular formula is C29H38N6O5S. The molecule has 1 aromatic heterocycles. The number of likely N-dealkylation sites (tertiary alicyclic amines) is 1. The van der Waals surface area contributed by atoms with Crippen LogP contribution in [0, 0.1) is 16.7 Å². The Morgan fingerprint density at radius 2 is 1.90 bits per heavy atom. The summed E-state index contributed by atoms with van der Waals surface area (Å²) in [6, 6.07) is 9.00. The number of ether oxygens (including phenoxy) is 1. The van der Waals surface area contributed by atoms with E-state index in [0.29, 0.717) is 49.2 Å². The number of aromatic nitrogens is 2. The first-order valence-electron chi connectivity index (χ1n) is 14.1. The number of aryl methyl sites for hydroxylation is 1. The van der Waals surface area contributed by atoms with E-state index in [0.717, 1.165) is 31.9 Å². The van der Waals surface area contributed by atoms with Crippen molar-refractivity contribution in [2.45, 2.75) is 49.1 Å². The molecule has 0 radical (unpaired) electrons. The molecule has 3 fully saturated rings. The molecule has 0 bridgehead atoms. The van der Waals surface area contributed by atoms with Crippen LogP contribution < -0.4 is 5.32 Å². The summed E-state index contributed by atoms with van der Waals surface area (Å²) >= 11 is 0. The van der Waals surface area contributed by atoms with E-state index in [2.05, 4.69) is 21.4 Å². The number of nitriles is 1. The van der Waals surface area contributed by atoms with Gasteiger partial charge in [-0.2, -0.15) is 10.4 Å². The molecule has 41 heavy (non-hydrogen) atoms. The molecule has 1 spiro atoms. The fourth-order valence-electron chi connectivity index (χ4n) is 6.66. The van der Waals surface area contributed by atoms with Gasteiger partial charge in [-0.05, 0) is 50.8 Å². The molecule has 1 aromatic carbocycles. The number of fused-ring (bicyclic) bond motifs is 1. The molecule has 1 N–H and O–H groups in total. The predicted octanol–water partition coefficient (Wildman–Crippen LogP) is 1.52. The average Bonchev–Trinajstić information content (AvgIpc) is 3.61. The summed E-state index contributed by atoms with van der Waals surface area (Å²) in [5, 5.41) is 16.2. The molecular weight excluding hydrogens is 544 g/mol. The van der Waals surface area contributed by atoms with Crippen molar-refractivity contribution >= 4 is 21.7 Å². The van der Waals surface area contributed by atoms with Crippen molar-refractivity contribution in [1.29, 1.82) is 5.26 Å². The number of nitrogens with one attached hydrogen (secondary N) is 1. The van der Waals surface area contributed by atoms with E-state index in [1.807, 2.05) is 13.8 Å². The first kappa shape index (κ1) is 27.9. The third kappa shape index (κ3) is 4.64. The second kappa shape index (κ2) is 9.64. The van der Waals surface area contributed by atoms with Crippen LogP contribution in [-0.2, 0) is 34.6 Å². The number of carbonyl (C=O) groups excluding carboxylic acids is 2. The lowest BCUT2D eigenvalue weighted by atomic mass is 9.77. The summed E-state index contributed by atoms with van der Waals surface area (Å²) in [6.07, 6.45) is 1.51. The van der Waals surface area contributed by atoms with Crippen LogP contribution in [0.5, 0.6) is 0 Å². The zero-order valence-electron chi connectivity index (χ0n) is 23.8. The molecule has 4 heterocycles. The minimum absolute atomic E-state index is 0. The number of amides is 2. The predicted molar refractivity (Wildman–Crippen MR) is 152 cm³/mol. The van der Waals surface area contributed by atoms with Crippen LogP contribution in [0.4, 0.5) is 0 Å². The summed E-state index contributed by atoms with van der Waals surface area (Å²) in [7, 11) is -1.92. The smallest absolute Gasteiger partial charge is 0.272 e. The second-order valence-electron chi connectivity index (χ2n) is 12.9. The maximum atomic E-state index is 14.0. The molecule has 220 valence electrons. The Morgan fingerprint density at radius 1 is 1.22 bits per heavy atom. The van der Waals surface area contributed by atoms with Crippen LogP contribution >= 0.6 is 0 Å². The van der Waals surface area contributed by atoms with Crippen LogP contribution in [0.2, 0.25) is 0 Å². The highest BCUT2D eigenvalue weighted by Gasteiger charge is 2.62. The van der Waals surface area contributed by atoms with Gasteiger partial charge >= 0.3 is 0 Å². The highest BCUT2D eigenvalue weighted by Crippen LogP contribution is 2.50. The quantitative estimate of drug-likeness (QED) is 0.470. The molecule has 1 saturated carbocycles. The molecule has 12 heteroatoms. The fraction of sp³-hybridized carbons (Fsp3) is 0.586. The molecule has 2 amide bonds. The number of nitrogens with zero attached hydrogens (tertiary/aromatic N) is 5. The molecule has 1 aliphatic carbocycles. The van der Waals surface area contributed by atoms with Crippen LogP contribution in [0.1, 0.15) is 65.8 Å². The second-order valence-corrected chi connectivity index (χ2v) is 15.8. The van der Waals surface area contributed by atoms with Crippen molar-refractivity contribution in [2.24, 2.45) is 12.5 Å². The van der Waals surface area contributed by atoms with E-state index in [-0.39, 0.29) is 37.4 Å². The maximum Gasteiger partial charge on any atom is 0.272 e. The standard InChI is InChI=1S/C29H36N6O5S.H2/c1-27(2,14-34-15-28(16-34)18-40-19-28)41(38,39)29(9-10-29)17-35-11-8-22-23(32-33(3)24(22)26(35)37)25(36)31-13-21-6-4-20(12-30)5-7-21;/h4-7H,8-11,13-19H2,1-3H3,(H,31,36);1H. The first-order valence-corrected chi connectivity index (χ1v) is 15.5. The summed E-state index contributed by atoms with van der Waals surface area (Å²) in [4.78, 5) is 30.5. The van der Waals surface area contributed by atoms with Gasteiger partial charge in [0.05, 0.1) is 34.3 Å². The van der Waals surface area contributed by atoms with Gasteiger partial charge in [0.1, 0.15) is 5.69 Å². The molecule has 4 aliphatic rings. The largest absolute Gasteiger partial charge is 0.380 e. The number of carbonyl (C=O) groups is 2. The molecule has 3 aliphatic heterocycles. The Kier molecular flexibility index (Phi) is 6.56. The van der Waals surface area contributed by atoms with Crippen molar-refractivity contribution < 1.29 is 24.2 Å². The van der Waals surface area contributed by atoms with Crippen LogP contribution in [0.25, 0.3) is 0 Å². The normalized spacial score (nSPS) is 21.0. The van der Waals surface area contributed by atoms with Gasteiger partial charge in [-0.1, -0.05) is 12.1 Å². The average molecular weight is 583 g/mol. The van der Waals surface area contributed by atoms with Crippen LogP contribution in [-0.4, -0.2) is 95.2 Å². The summed E-state index contributed by atoms with van der Waals surface area (Å²) in [5.41, 5.74) is 2.74. The third-order valence-electron chi connectivity index (χ3n) is 9.14. The number of benzene rings is 1. The SMILES string of the molecule is Cn1nc(C(=O)NCc2ccc(C#N)cc2)c2c1C(=O)N(CC1(S(=O)(=O)C(C)(C)CN3CC4(COC4)C3)CC1)CC2.[HH]. The lowest BCUT2D eigenvalue weighted by Crippen LogP contribution is -2.68. The van der Waals surface area contributed by atoms with Gasteiger partial charge in [0.25, 0.3) is 11.8 Å². The van der Waals surface area contributed by atoms with Crippen LogP contribution in [0.3, 0.4) is 0 Å². The van der Waals surface area contributed by atoms with E-state index in [9.17, 15) is 18.0 Å². The summed E-state index contributed by atoms with van der Waals surface area (Å²) < 4.78 is 32.9. The van der Waals surface area contributed by atoms with E-state index >= 15 is 0 Å². The Morgan fingerprint density at radius 3 is 2.49 bits per heavy atom. The van der Waals surface area contributed by atoms with Crippen molar-refractivity contribution in [3.8, 4) is 6.07 Å². The van der Waals surface area contributed by atoms with Crippen LogP contribution in [0.15, 0.2) is 24.3 Å². The van der Waals surface area contributed by atoms with Gasteiger partial charge in [0, 0.05) is 58.7 Å². The van der Waals surface area contributed by atoms with Gasteiger partial charge in [-0.25, -0.2) is 8.42 Å². The molecule has 6 rings (SSSR count). The number of hydrogen-bond donors (Lipinski definition) is 1. The van der Waals surface area contributed by atoms with E-state index in [1.54, 1.807) is 36.2 Å². The topological polar surface area (TPSA) is 138 Å². The zero-order chi connectivity index (χ0) is 29.2. The van der Waals surface area contributed by atoms with Gasteiger partial charge < -0.3 is 19.9 Å². The fourth-order valence-corrected chi connectivity index (χ4v) is 9.15. The van der Waals surface area contributed by atoms with Crippen molar-refractivity contribution in [2.75, 3.05) is 45.9 Å². The lowest BCUT2D eigenvalue weighted by Gasteiger charge is -2.56. The highest BCUT2D eigenvalue weighted by molar-refractivity contribution is 7.94. The maximum absolute atomic E-state index is 14.0. The Labute approximate surface area is 241 Å². The number of sulfone groups is 1. The van der Waals surface area contributed by atoms with Gasteiger partial charge in [0.15, 0.2) is 15.5 Å². The van der Waals surface area contributed by atoms with E-state index in [4.69, 9.17) is 10.00 Å². The summed E-state index contributed by atoms with van der Waals surface area (Å²) in [5.74, 6) is -0.668. The van der Waals surface area contributed by atoms with Gasteiger partial charge in [0.2, 0.25) is 0 Å². The highest BCUT2D eigenvalue weighted by atomic mass is 32.2. The Balaban J connectivity index is 0.00000353. The van der Waals surface area contributed by atoms with Gasteiger partial charge in [-0.3, -0.25) is 14.3 Å². The summed E-state index contributed by atoms with van der Waals surface area (Å²) in [6.45, 7) is 8.10. The van der Waals surface area contributed by atoms with Crippen molar-refractivity contribution in [3.05, 3.63) is 52.3 Å². The first-order chi connectivity index (χ1) is 19.4. The van der Waals surface area contributed by atoms with Gasteiger partial charge in [-0.15, -0.1) is 0 Å². The van der Waals surface area contributed by atoms with Crippen molar-refractivity contribution in [1.82, 2.24) is 24.9 Å². The minimum atomic E-state index is -3.55.